The molecule has 19 heavy (non-hydrogen) atoms. The summed E-state index contributed by atoms with van der Waals surface area (Å²) in [4.78, 5) is 0. The first kappa shape index (κ1) is 13.0. The van der Waals surface area contributed by atoms with E-state index in [4.69, 9.17) is 4.74 Å². The number of aryl methyl sites for hydroxylation is 2. The highest BCUT2D eigenvalue weighted by Crippen LogP contribution is 2.54. The van der Waals surface area contributed by atoms with Crippen molar-refractivity contribution in [3.05, 3.63) is 29.3 Å². The first-order valence-corrected chi connectivity index (χ1v) is 7.57. The molecule has 0 saturated heterocycles. The first-order chi connectivity index (χ1) is 9.17. The average molecular weight is 259 g/mol. The van der Waals surface area contributed by atoms with Gasteiger partial charge in [0.2, 0.25) is 0 Å². The molecule has 0 aromatic heterocycles. The van der Waals surface area contributed by atoms with Gasteiger partial charge in [-0.25, -0.2) is 0 Å². The molecular formula is C17H25NO. The molecule has 2 fully saturated rings. The maximum absolute atomic E-state index is 6.44. The molecule has 0 aliphatic heterocycles. The van der Waals surface area contributed by atoms with Gasteiger partial charge in [-0.1, -0.05) is 31.0 Å². The van der Waals surface area contributed by atoms with Crippen LogP contribution in [0, 0.1) is 19.3 Å². The Hall–Kier alpha value is -1.02. The van der Waals surface area contributed by atoms with E-state index in [1.807, 2.05) is 0 Å². The number of ether oxygens (including phenoxy) is 1. The van der Waals surface area contributed by atoms with Crippen molar-refractivity contribution in [3.63, 3.8) is 0 Å². The molecule has 1 aromatic rings. The second-order valence-corrected chi connectivity index (χ2v) is 6.34. The third-order valence-corrected chi connectivity index (χ3v) is 5.34. The van der Waals surface area contributed by atoms with Gasteiger partial charge >= 0.3 is 0 Å². The number of para-hydroxylation sites is 1. The van der Waals surface area contributed by atoms with E-state index in [1.165, 1.54) is 36.8 Å². The number of rotatable bonds is 3. The summed E-state index contributed by atoms with van der Waals surface area (Å²) in [6, 6.07) is 7.07. The molecule has 0 radical (unpaired) electrons. The van der Waals surface area contributed by atoms with Gasteiger partial charge < -0.3 is 10.1 Å². The SMILES string of the molecule is CNC1CC(Oc2c(C)cccc2C)C12CCCC2. The molecule has 2 nitrogen and oxygen atoms in total. The molecule has 1 spiro atoms. The van der Waals surface area contributed by atoms with Gasteiger partial charge in [-0.05, 0) is 44.9 Å². The summed E-state index contributed by atoms with van der Waals surface area (Å²) in [7, 11) is 2.10. The van der Waals surface area contributed by atoms with E-state index in [1.54, 1.807) is 0 Å². The number of nitrogens with one attached hydrogen (secondary N) is 1. The molecule has 0 bridgehead atoms. The second-order valence-electron chi connectivity index (χ2n) is 6.34. The lowest BCUT2D eigenvalue weighted by Crippen LogP contribution is -2.63. The third-order valence-electron chi connectivity index (χ3n) is 5.34. The molecule has 2 heteroatoms. The Kier molecular flexibility index (Phi) is 3.30. The van der Waals surface area contributed by atoms with Gasteiger partial charge in [0.05, 0.1) is 0 Å². The zero-order valence-electron chi connectivity index (χ0n) is 12.3. The minimum Gasteiger partial charge on any atom is -0.489 e. The van der Waals surface area contributed by atoms with Crippen molar-refractivity contribution in [3.8, 4) is 5.75 Å². The zero-order chi connectivity index (χ0) is 13.5. The maximum atomic E-state index is 6.44. The summed E-state index contributed by atoms with van der Waals surface area (Å²) in [5.74, 6) is 1.12. The molecule has 104 valence electrons. The highest BCUT2D eigenvalue weighted by molar-refractivity contribution is 5.40. The van der Waals surface area contributed by atoms with Crippen molar-refractivity contribution in [2.75, 3.05) is 7.05 Å². The lowest BCUT2D eigenvalue weighted by Gasteiger charge is -2.54. The number of hydrogen-bond acceptors (Lipinski definition) is 2. The van der Waals surface area contributed by atoms with Gasteiger partial charge in [-0.2, -0.15) is 0 Å². The lowest BCUT2D eigenvalue weighted by atomic mass is 9.60. The summed E-state index contributed by atoms with van der Waals surface area (Å²) >= 11 is 0. The predicted octanol–water partition coefficient (Wildman–Crippen LogP) is 3.60. The van der Waals surface area contributed by atoms with Gasteiger partial charge in [0.25, 0.3) is 0 Å². The molecule has 1 aromatic carbocycles. The van der Waals surface area contributed by atoms with E-state index in [9.17, 15) is 0 Å². The molecular weight excluding hydrogens is 234 g/mol. The largest absolute Gasteiger partial charge is 0.489 e. The van der Waals surface area contributed by atoms with Crippen molar-refractivity contribution in [1.29, 1.82) is 0 Å². The highest BCUT2D eigenvalue weighted by Gasteiger charge is 2.57. The topological polar surface area (TPSA) is 21.3 Å². The predicted molar refractivity (Wildman–Crippen MR) is 78.7 cm³/mol. The summed E-state index contributed by atoms with van der Waals surface area (Å²) in [6.45, 7) is 4.30. The van der Waals surface area contributed by atoms with Crippen molar-refractivity contribution in [2.45, 2.75) is 58.1 Å². The van der Waals surface area contributed by atoms with Crippen molar-refractivity contribution >= 4 is 0 Å². The fraction of sp³-hybridized carbons (Fsp3) is 0.647. The Balaban J connectivity index is 1.81. The van der Waals surface area contributed by atoms with Crippen LogP contribution in [0.25, 0.3) is 0 Å². The van der Waals surface area contributed by atoms with E-state index < -0.39 is 0 Å². The molecule has 3 rings (SSSR count). The van der Waals surface area contributed by atoms with Crippen LogP contribution in [0.3, 0.4) is 0 Å². The monoisotopic (exact) mass is 259 g/mol. The fourth-order valence-corrected chi connectivity index (χ4v) is 4.15. The number of benzene rings is 1. The van der Waals surface area contributed by atoms with Gasteiger partial charge in [0.1, 0.15) is 11.9 Å². The van der Waals surface area contributed by atoms with E-state index in [-0.39, 0.29) is 0 Å². The average Bonchev–Trinajstić information content (AvgIpc) is 2.89. The highest BCUT2D eigenvalue weighted by atomic mass is 16.5. The second kappa shape index (κ2) is 4.82. The van der Waals surface area contributed by atoms with Crippen LogP contribution in [0.5, 0.6) is 5.75 Å². The van der Waals surface area contributed by atoms with Crippen LogP contribution in [-0.4, -0.2) is 19.2 Å². The molecule has 2 aliphatic carbocycles. The zero-order valence-corrected chi connectivity index (χ0v) is 12.3. The van der Waals surface area contributed by atoms with Crippen molar-refractivity contribution < 1.29 is 4.74 Å². The quantitative estimate of drug-likeness (QED) is 0.895. The van der Waals surface area contributed by atoms with Gasteiger partial charge in [-0.3, -0.25) is 0 Å². The smallest absolute Gasteiger partial charge is 0.125 e. The van der Waals surface area contributed by atoms with E-state index in [0.717, 1.165) is 12.2 Å². The summed E-state index contributed by atoms with van der Waals surface area (Å²) in [5.41, 5.74) is 2.94. The van der Waals surface area contributed by atoms with Gasteiger partial charge in [-0.15, -0.1) is 0 Å². The molecule has 2 atom stereocenters. The minimum atomic E-state index is 0.406. The van der Waals surface area contributed by atoms with Crippen LogP contribution in [0.2, 0.25) is 0 Å². The molecule has 2 aliphatic rings. The van der Waals surface area contributed by atoms with Crippen LogP contribution >= 0.6 is 0 Å². The van der Waals surface area contributed by atoms with E-state index >= 15 is 0 Å². The molecule has 1 N–H and O–H groups in total. The standard InChI is InChI=1S/C17H25NO/c1-12-7-6-8-13(2)16(12)19-15-11-14(18-3)17(15)9-4-5-10-17/h6-8,14-15,18H,4-5,9-11H2,1-3H3. The fourth-order valence-electron chi connectivity index (χ4n) is 4.15. The van der Waals surface area contributed by atoms with Gasteiger partial charge in [0, 0.05) is 17.9 Å². The number of hydrogen-bond donors (Lipinski definition) is 1. The Morgan fingerprint density at radius 1 is 1.16 bits per heavy atom. The maximum Gasteiger partial charge on any atom is 0.125 e. The van der Waals surface area contributed by atoms with Crippen LogP contribution in [0.15, 0.2) is 18.2 Å². The summed E-state index contributed by atoms with van der Waals surface area (Å²) < 4.78 is 6.44. The lowest BCUT2D eigenvalue weighted by molar-refractivity contribution is -0.0742. The van der Waals surface area contributed by atoms with Crippen LogP contribution < -0.4 is 10.1 Å². The molecule has 2 saturated carbocycles. The molecule has 2 unspecified atom stereocenters. The van der Waals surface area contributed by atoms with Crippen LogP contribution in [-0.2, 0) is 0 Å². The minimum absolute atomic E-state index is 0.406. The Morgan fingerprint density at radius 2 is 1.79 bits per heavy atom. The van der Waals surface area contributed by atoms with E-state index in [2.05, 4.69) is 44.4 Å². The molecule has 0 amide bonds. The summed E-state index contributed by atoms with van der Waals surface area (Å²) in [6.07, 6.45) is 6.95. The van der Waals surface area contributed by atoms with Crippen molar-refractivity contribution in [2.24, 2.45) is 5.41 Å². The Labute approximate surface area is 116 Å². The Bertz CT molecular complexity index is 442. The van der Waals surface area contributed by atoms with Crippen LogP contribution in [0.1, 0.15) is 43.2 Å². The first-order valence-electron chi connectivity index (χ1n) is 7.57. The van der Waals surface area contributed by atoms with Crippen molar-refractivity contribution in [1.82, 2.24) is 5.32 Å². The third kappa shape index (κ3) is 1.97. The van der Waals surface area contributed by atoms with E-state index in [0.29, 0.717) is 17.6 Å². The van der Waals surface area contributed by atoms with Crippen LogP contribution in [0.4, 0.5) is 0 Å². The summed E-state index contributed by atoms with van der Waals surface area (Å²) in [5, 5.41) is 3.50. The Morgan fingerprint density at radius 3 is 2.37 bits per heavy atom. The molecule has 0 heterocycles. The van der Waals surface area contributed by atoms with Gasteiger partial charge in [0.15, 0.2) is 0 Å². The normalized spacial score (nSPS) is 28.4.